The molecule has 0 aromatic carbocycles. The first-order valence-corrected chi connectivity index (χ1v) is 16.2. The summed E-state index contributed by atoms with van der Waals surface area (Å²) in [6.45, 7) is 10.1. The quantitative estimate of drug-likeness (QED) is 0.0498. The highest BCUT2D eigenvalue weighted by atomic mass is 16.4. The van der Waals surface area contributed by atoms with E-state index in [2.05, 4.69) is 19.1 Å². The zero-order valence-electron chi connectivity index (χ0n) is 26.2. The van der Waals surface area contributed by atoms with Crippen LogP contribution in [0.2, 0.25) is 0 Å². The molecule has 0 aromatic heterocycles. The Hall–Kier alpha value is -1.89. The number of aliphatic carboxylic acids is 3. The monoisotopic (exact) mass is 568 g/mol. The van der Waals surface area contributed by atoms with Crippen LogP contribution in [-0.2, 0) is 14.4 Å². The summed E-state index contributed by atoms with van der Waals surface area (Å²) >= 11 is 0. The molecule has 0 rings (SSSR count). The van der Waals surface area contributed by atoms with Crippen molar-refractivity contribution in [2.24, 2.45) is 17.8 Å². The fraction of sp³-hybridized carbons (Fsp3) is 0.848. The number of quaternary nitrogens is 1. The molecule has 0 aliphatic heterocycles. The predicted octanol–water partition coefficient (Wildman–Crippen LogP) is 8.17. The van der Waals surface area contributed by atoms with Gasteiger partial charge in [-0.05, 0) is 38.5 Å². The molecule has 3 N–H and O–H groups in total. The molecule has 0 aliphatic rings. The highest BCUT2D eigenvalue weighted by molar-refractivity contribution is 5.70. The van der Waals surface area contributed by atoms with E-state index in [0.717, 1.165) is 38.6 Å². The molecule has 0 saturated heterocycles. The summed E-state index contributed by atoms with van der Waals surface area (Å²) in [5.41, 5.74) is 0. The van der Waals surface area contributed by atoms with Crippen LogP contribution >= 0.6 is 0 Å². The number of carbonyl (C=O) groups is 3. The van der Waals surface area contributed by atoms with Crippen molar-refractivity contribution in [3.8, 4) is 0 Å². The van der Waals surface area contributed by atoms with Crippen molar-refractivity contribution in [3.05, 3.63) is 12.2 Å². The summed E-state index contributed by atoms with van der Waals surface area (Å²) in [4.78, 5) is 34.4. The summed E-state index contributed by atoms with van der Waals surface area (Å²) in [5.74, 6) is -3.94. The Morgan fingerprint density at radius 3 is 1.20 bits per heavy atom. The summed E-state index contributed by atoms with van der Waals surface area (Å²) < 4.78 is 0.599. The van der Waals surface area contributed by atoms with Gasteiger partial charge in [0.25, 0.3) is 0 Å². The Balaban J connectivity index is 4.70. The second-order valence-corrected chi connectivity index (χ2v) is 12.3. The van der Waals surface area contributed by atoms with Crippen LogP contribution in [0.5, 0.6) is 0 Å². The molecular formula is C33H62NO6+. The lowest BCUT2D eigenvalue weighted by molar-refractivity contribution is -0.929. The van der Waals surface area contributed by atoms with Gasteiger partial charge in [0.15, 0.2) is 0 Å². The third kappa shape index (κ3) is 20.1. The van der Waals surface area contributed by atoms with Crippen molar-refractivity contribution in [1.29, 1.82) is 0 Å². The van der Waals surface area contributed by atoms with Gasteiger partial charge in [0.05, 0.1) is 43.9 Å². The van der Waals surface area contributed by atoms with Crippen molar-refractivity contribution < 1.29 is 34.2 Å². The molecule has 0 bridgehead atoms. The highest BCUT2D eigenvalue weighted by Crippen LogP contribution is 2.21. The highest BCUT2D eigenvalue weighted by Gasteiger charge is 2.31. The van der Waals surface area contributed by atoms with Gasteiger partial charge >= 0.3 is 17.9 Å². The van der Waals surface area contributed by atoms with Crippen LogP contribution in [0.15, 0.2) is 12.2 Å². The second kappa shape index (κ2) is 23.8. The van der Waals surface area contributed by atoms with Gasteiger partial charge in [-0.3, -0.25) is 14.4 Å². The number of hydrogen-bond acceptors (Lipinski definition) is 3. The fourth-order valence-electron chi connectivity index (χ4n) is 5.14. The number of carboxylic acid groups (broad SMARTS) is 3. The number of rotatable bonds is 28. The number of hydrogen-bond donors (Lipinski definition) is 3. The van der Waals surface area contributed by atoms with Crippen LogP contribution in [0.4, 0.5) is 0 Å². The summed E-state index contributed by atoms with van der Waals surface area (Å²) in [7, 11) is 0. The molecule has 0 fully saturated rings. The molecule has 0 aromatic rings. The van der Waals surface area contributed by atoms with Crippen LogP contribution < -0.4 is 0 Å². The molecule has 3 unspecified atom stereocenters. The van der Waals surface area contributed by atoms with Crippen LogP contribution in [0.1, 0.15) is 137 Å². The fourth-order valence-corrected chi connectivity index (χ4v) is 5.14. The Kier molecular flexibility index (Phi) is 22.7. The van der Waals surface area contributed by atoms with Gasteiger partial charge in [0, 0.05) is 19.3 Å². The normalized spacial score (nSPS) is 15.5. The molecule has 40 heavy (non-hydrogen) atoms. The van der Waals surface area contributed by atoms with E-state index in [9.17, 15) is 29.7 Å². The summed E-state index contributed by atoms with van der Waals surface area (Å²) in [6, 6.07) is 0. The number of carboxylic acids is 3. The molecule has 3 atom stereocenters. The van der Waals surface area contributed by atoms with Crippen molar-refractivity contribution in [2.75, 3.05) is 26.2 Å². The van der Waals surface area contributed by atoms with Gasteiger partial charge in [-0.15, -0.1) is 0 Å². The van der Waals surface area contributed by atoms with Crippen LogP contribution in [0.3, 0.4) is 0 Å². The molecule has 0 radical (unpaired) electrons. The molecule has 0 saturated carbocycles. The van der Waals surface area contributed by atoms with E-state index in [-0.39, 0.29) is 0 Å². The van der Waals surface area contributed by atoms with Crippen molar-refractivity contribution in [1.82, 2.24) is 0 Å². The molecule has 7 heteroatoms. The molecule has 0 amide bonds. The van der Waals surface area contributed by atoms with Crippen molar-refractivity contribution >= 4 is 17.9 Å². The molecular weight excluding hydrogens is 506 g/mol. The van der Waals surface area contributed by atoms with Gasteiger partial charge in [-0.1, -0.05) is 91.2 Å². The van der Waals surface area contributed by atoms with Gasteiger partial charge < -0.3 is 19.8 Å². The smallest absolute Gasteiger partial charge is 0.306 e. The van der Waals surface area contributed by atoms with Crippen LogP contribution in [0.25, 0.3) is 0 Å². The van der Waals surface area contributed by atoms with E-state index < -0.39 is 35.7 Å². The molecule has 0 spiro atoms. The average molecular weight is 569 g/mol. The standard InChI is InChI=1S/C33H61NO6/c1-5-6-7-8-9-10-11-12-13-14-15-16-17-18-19-20-24-34(25-21-28(2)31(35)36,26-22-29(3)32(37)38)27-23-30(4)33(39)40/h15-16,28-30H,5-14,17-27H2,1-4H3,(H2-,35,36,37,38,39,40)/p+1/b16-15+. The largest absolute Gasteiger partial charge is 0.481 e. The Morgan fingerprint density at radius 1 is 0.525 bits per heavy atom. The Bertz CT molecular complexity index is 647. The zero-order valence-corrected chi connectivity index (χ0v) is 26.2. The predicted molar refractivity (Wildman–Crippen MR) is 163 cm³/mol. The third-order valence-corrected chi connectivity index (χ3v) is 8.52. The minimum absolute atomic E-state index is 0.484. The maximum atomic E-state index is 11.5. The molecule has 7 nitrogen and oxygen atoms in total. The number of nitrogens with zero attached hydrogens (tertiary/aromatic N) is 1. The molecule has 0 aliphatic carbocycles. The minimum atomic E-state index is -0.829. The number of unbranched alkanes of at least 4 members (excludes halogenated alkanes) is 12. The lowest BCUT2D eigenvalue weighted by Crippen LogP contribution is -2.52. The zero-order chi connectivity index (χ0) is 30.2. The second-order valence-electron chi connectivity index (χ2n) is 12.3. The first-order chi connectivity index (χ1) is 19.0. The Morgan fingerprint density at radius 2 is 0.850 bits per heavy atom. The van der Waals surface area contributed by atoms with Crippen molar-refractivity contribution in [2.45, 2.75) is 137 Å². The van der Waals surface area contributed by atoms with E-state index in [0.29, 0.717) is 43.4 Å². The Labute approximate surface area is 245 Å². The van der Waals surface area contributed by atoms with Gasteiger partial charge in [-0.2, -0.15) is 0 Å². The van der Waals surface area contributed by atoms with Gasteiger partial charge in [-0.25, -0.2) is 0 Å². The van der Waals surface area contributed by atoms with E-state index >= 15 is 0 Å². The lowest BCUT2D eigenvalue weighted by atomic mass is 10.0. The van der Waals surface area contributed by atoms with Crippen LogP contribution in [0, 0.1) is 17.8 Å². The van der Waals surface area contributed by atoms with Gasteiger partial charge in [0.1, 0.15) is 0 Å². The average Bonchev–Trinajstić information content (AvgIpc) is 2.92. The van der Waals surface area contributed by atoms with E-state index in [1.807, 2.05) is 0 Å². The molecule has 234 valence electrons. The van der Waals surface area contributed by atoms with E-state index in [4.69, 9.17) is 0 Å². The maximum Gasteiger partial charge on any atom is 0.306 e. The summed E-state index contributed by atoms with van der Waals surface area (Å²) in [5, 5.41) is 28.2. The van der Waals surface area contributed by atoms with E-state index in [1.165, 1.54) is 57.8 Å². The maximum absolute atomic E-state index is 11.5. The van der Waals surface area contributed by atoms with E-state index in [1.54, 1.807) is 20.8 Å². The first-order valence-electron chi connectivity index (χ1n) is 16.2. The lowest BCUT2D eigenvalue weighted by Gasteiger charge is -2.40. The first kappa shape index (κ1) is 38.1. The third-order valence-electron chi connectivity index (χ3n) is 8.52. The topological polar surface area (TPSA) is 112 Å². The van der Waals surface area contributed by atoms with Crippen LogP contribution in [-0.4, -0.2) is 63.9 Å². The minimum Gasteiger partial charge on any atom is -0.481 e. The summed E-state index contributed by atoms with van der Waals surface area (Å²) in [6.07, 6.45) is 23.6. The number of allylic oxidation sites excluding steroid dienone is 2. The molecule has 0 heterocycles. The SMILES string of the molecule is CCCCCCCCCCC/C=C/CCCCC[N+](CCC(C)C(=O)O)(CCC(C)C(=O)O)CCC(C)C(=O)O. The van der Waals surface area contributed by atoms with Crippen molar-refractivity contribution in [3.63, 3.8) is 0 Å². The van der Waals surface area contributed by atoms with Gasteiger partial charge in [0.2, 0.25) is 0 Å².